The average molecular weight is 523 g/mol. The lowest BCUT2D eigenvalue weighted by Crippen LogP contribution is -2.28. The van der Waals surface area contributed by atoms with Crippen LogP contribution in [0.25, 0.3) is 16.0 Å². The van der Waals surface area contributed by atoms with Crippen molar-refractivity contribution in [2.24, 2.45) is 0 Å². The zero-order valence-electron chi connectivity index (χ0n) is 19.7. The van der Waals surface area contributed by atoms with E-state index in [9.17, 15) is 14.7 Å². The third-order valence-corrected chi connectivity index (χ3v) is 7.73. The van der Waals surface area contributed by atoms with Crippen molar-refractivity contribution in [2.45, 2.75) is 13.0 Å². The highest BCUT2D eigenvalue weighted by Gasteiger charge is 2.49. The van der Waals surface area contributed by atoms with Crippen molar-refractivity contribution in [1.29, 1.82) is 0 Å². The molecule has 0 radical (unpaired) electrons. The predicted octanol–water partition coefficient (Wildman–Crippen LogP) is 5.40. The molecule has 1 saturated heterocycles. The largest absolute Gasteiger partial charge is 0.507 e. The zero-order valence-corrected chi connectivity index (χ0v) is 21.3. The first-order chi connectivity index (χ1) is 17.5. The first-order valence-electron chi connectivity index (χ1n) is 11.1. The lowest BCUT2D eigenvalue weighted by molar-refractivity contribution is -0.132. The van der Waals surface area contributed by atoms with Gasteiger partial charge in [-0.3, -0.25) is 14.5 Å². The summed E-state index contributed by atoms with van der Waals surface area (Å²) in [5.41, 5.74) is 0.894. The van der Waals surface area contributed by atoms with Crippen molar-refractivity contribution in [3.05, 3.63) is 69.9 Å². The summed E-state index contributed by atoms with van der Waals surface area (Å²) < 4.78 is 17.1. The standard InChI is InChI=1S/C26H22N2O6S2/c1-4-34-15-7-9-17-20(13-15)36-26(27-17)28-22(19-6-5-11-35-19)21(24(30)25(28)31)23(29)16-12-14(32-2)8-10-18(16)33-3/h5-13,22,29H,4H2,1-3H3/b23-21+. The number of aliphatic hydroxyl groups excluding tert-OH is 1. The quantitative estimate of drug-likeness (QED) is 0.197. The van der Waals surface area contributed by atoms with Gasteiger partial charge in [-0.25, -0.2) is 4.98 Å². The van der Waals surface area contributed by atoms with Gasteiger partial charge in [0.1, 0.15) is 29.0 Å². The van der Waals surface area contributed by atoms with Crippen molar-refractivity contribution in [3.63, 3.8) is 0 Å². The number of aromatic nitrogens is 1. The monoisotopic (exact) mass is 522 g/mol. The van der Waals surface area contributed by atoms with Crippen LogP contribution in [0.4, 0.5) is 5.13 Å². The SMILES string of the molecule is CCOc1ccc2nc(N3C(=O)C(=O)/C(=C(/O)c4cc(OC)ccc4OC)C3c3cccs3)sc2c1. The number of anilines is 1. The number of carbonyl (C=O) groups is 2. The van der Waals surface area contributed by atoms with Gasteiger partial charge in [0.05, 0.1) is 42.2 Å². The van der Waals surface area contributed by atoms with Crippen LogP contribution in [0.5, 0.6) is 17.2 Å². The number of aliphatic hydroxyl groups is 1. The van der Waals surface area contributed by atoms with Crippen molar-refractivity contribution in [1.82, 2.24) is 4.98 Å². The molecule has 1 fully saturated rings. The van der Waals surface area contributed by atoms with Gasteiger partial charge in [0, 0.05) is 4.88 Å². The Balaban J connectivity index is 1.69. The number of rotatable bonds is 7. The van der Waals surface area contributed by atoms with Crippen LogP contribution in [0.2, 0.25) is 0 Å². The normalized spacial score (nSPS) is 17.1. The van der Waals surface area contributed by atoms with Crippen molar-refractivity contribution in [2.75, 3.05) is 25.7 Å². The van der Waals surface area contributed by atoms with Gasteiger partial charge in [0.25, 0.3) is 5.78 Å². The molecule has 1 aliphatic rings. The number of amides is 1. The Bertz CT molecular complexity index is 1490. The van der Waals surface area contributed by atoms with Gasteiger partial charge >= 0.3 is 5.91 Å². The number of ketones is 1. The summed E-state index contributed by atoms with van der Waals surface area (Å²) >= 11 is 2.66. The van der Waals surface area contributed by atoms with Crippen molar-refractivity contribution in [3.8, 4) is 17.2 Å². The lowest BCUT2D eigenvalue weighted by Gasteiger charge is -2.21. The second-order valence-corrected chi connectivity index (χ2v) is 9.80. The van der Waals surface area contributed by atoms with Crippen LogP contribution in [0.15, 0.2) is 59.5 Å². The summed E-state index contributed by atoms with van der Waals surface area (Å²) in [6.07, 6.45) is 0. The highest BCUT2D eigenvalue weighted by molar-refractivity contribution is 7.22. The molecule has 8 nitrogen and oxygen atoms in total. The summed E-state index contributed by atoms with van der Waals surface area (Å²) in [5, 5.41) is 13.6. The molecule has 1 aliphatic heterocycles. The highest BCUT2D eigenvalue weighted by atomic mass is 32.1. The number of carbonyl (C=O) groups excluding carboxylic acids is 2. The van der Waals surface area contributed by atoms with Crippen LogP contribution < -0.4 is 19.1 Å². The molecule has 5 rings (SSSR count). The molecule has 0 bridgehead atoms. The van der Waals surface area contributed by atoms with Gasteiger partial charge in [-0.05, 0) is 54.8 Å². The molecule has 1 N–H and O–H groups in total. The summed E-state index contributed by atoms with van der Waals surface area (Å²) in [6.45, 7) is 2.43. The lowest BCUT2D eigenvalue weighted by atomic mass is 9.99. The van der Waals surface area contributed by atoms with E-state index >= 15 is 0 Å². The van der Waals surface area contributed by atoms with Crippen LogP contribution >= 0.6 is 22.7 Å². The van der Waals surface area contributed by atoms with Gasteiger partial charge in [0.2, 0.25) is 0 Å². The highest BCUT2D eigenvalue weighted by Crippen LogP contribution is 2.46. The minimum absolute atomic E-state index is 0.0386. The minimum atomic E-state index is -0.854. The van der Waals surface area contributed by atoms with Crippen LogP contribution in [-0.2, 0) is 9.59 Å². The third kappa shape index (κ3) is 3.98. The topological polar surface area (TPSA) is 98.2 Å². The number of hydrogen-bond donors (Lipinski definition) is 1. The Morgan fingerprint density at radius 3 is 2.58 bits per heavy atom. The molecule has 4 aromatic rings. The van der Waals surface area contributed by atoms with E-state index in [0.29, 0.717) is 39.4 Å². The fourth-order valence-corrected chi connectivity index (χ4v) is 5.99. The van der Waals surface area contributed by atoms with Crippen molar-refractivity contribution < 1.29 is 28.9 Å². The first kappa shape index (κ1) is 23.8. The fourth-order valence-electron chi connectivity index (χ4n) is 4.14. The van der Waals surface area contributed by atoms with E-state index in [0.717, 1.165) is 4.70 Å². The molecule has 1 atom stereocenters. The molecule has 1 amide bonds. The number of thiazole rings is 1. The molecule has 2 aromatic heterocycles. The van der Waals surface area contributed by atoms with Crippen LogP contribution in [0.3, 0.4) is 0 Å². The number of Topliss-reactive ketones (excluding diaryl/α,β-unsaturated/α-hetero) is 1. The summed E-state index contributed by atoms with van der Waals surface area (Å²) in [6, 6.07) is 13.2. The summed E-state index contributed by atoms with van der Waals surface area (Å²) in [5.74, 6) is -0.402. The fraction of sp³-hybridized carbons (Fsp3) is 0.192. The van der Waals surface area contributed by atoms with Gasteiger partial charge in [0.15, 0.2) is 5.13 Å². The Labute approximate surface area is 215 Å². The Morgan fingerprint density at radius 1 is 1.08 bits per heavy atom. The molecule has 184 valence electrons. The first-order valence-corrected chi connectivity index (χ1v) is 12.8. The summed E-state index contributed by atoms with van der Waals surface area (Å²) in [7, 11) is 2.96. The second-order valence-electron chi connectivity index (χ2n) is 7.81. The van der Waals surface area contributed by atoms with Crippen LogP contribution in [0, 0.1) is 0 Å². The second kappa shape index (κ2) is 9.63. The molecule has 2 aromatic carbocycles. The van der Waals surface area contributed by atoms with E-state index in [1.165, 1.54) is 41.8 Å². The third-order valence-electron chi connectivity index (χ3n) is 5.78. The van der Waals surface area contributed by atoms with E-state index in [1.54, 1.807) is 18.2 Å². The number of methoxy groups -OCH3 is 2. The van der Waals surface area contributed by atoms with Crippen LogP contribution in [-0.4, -0.2) is 42.6 Å². The maximum absolute atomic E-state index is 13.4. The molecule has 1 unspecified atom stereocenters. The number of thiophene rings is 1. The van der Waals surface area contributed by atoms with Crippen molar-refractivity contribution >= 4 is 55.5 Å². The minimum Gasteiger partial charge on any atom is -0.507 e. The molecule has 0 saturated carbocycles. The molecular weight excluding hydrogens is 500 g/mol. The van der Waals surface area contributed by atoms with Gasteiger partial charge < -0.3 is 19.3 Å². The van der Waals surface area contributed by atoms with E-state index in [2.05, 4.69) is 4.98 Å². The number of fused-ring (bicyclic) bond motifs is 1. The number of nitrogens with zero attached hydrogens (tertiary/aromatic N) is 2. The molecule has 0 spiro atoms. The van der Waals surface area contributed by atoms with Gasteiger partial charge in [-0.2, -0.15) is 0 Å². The molecular formula is C26H22N2O6S2. The average Bonchev–Trinajstić information content (AvgIpc) is 3.62. The maximum atomic E-state index is 13.4. The van der Waals surface area contributed by atoms with Gasteiger partial charge in [-0.1, -0.05) is 17.4 Å². The summed E-state index contributed by atoms with van der Waals surface area (Å²) in [4.78, 5) is 33.5. The predicted molar refractivity (Wildman–Crippen MR) is 139 cm³/mol. The smallest absolute Gasteiger partial charge is 0.301 e. The molecule has 0 aliphatic carbocycles. The van der Waals surface area contributed by atoms with Gasteiger partial charge in [-0.15, -0.1) is 11.3 Å². The Hall–Kier alpha value is -3.89. The Kier molecular flexibility index (Phi) is 6.38. The zero-order chi connectivity index (χ0) is 25.4. The number of ether oxygens (including phenoxy) is 3. The molecule has 36 heavy (non-hydrogen) atoms. The van der Waals surface area contributed by atoms with E-state index in [1.807, 2.05) is 42.6 Å². The molecule has 3 heterocycles. The van der Waals surface area contributed by atoms with E-state index in [-0.39, 0.29) is 16.9 Å². The molecule has 10 heteroatoms. The van der Waals surface area contributed by atoms with E-state index in [4.69, 9.17) is 14.2 Å². The Morgan fingerprint density at radius 2 is 1.89 bits per heavy atom. The number of hydrogen-bond acceptors (Lipinski definition) is 9. The number of benzene rings is 2. The van der Waals surface area contributed by atoms with Crippen LogP contribution in [0.1, 0.15) is 23.4 Å². The van der Waals surface area contributed by atoms with E-state index < -0.39 is 17.7 Å². The maximum Gasteiger partial charge on any atom is 0.301 e.